The molecule has 0 saturated carbocycles. The van der Waals surface area contributed by atoms with Crippen molar-refractivity contribution in [2.24, 2.45) is 0 Å². The van der Waals surface area contributed by atoms with Crippen LogP contribution < -0.4 is 5.32 Å². The maximum absolute atomic E-state index is 12.8. The number of ether oxygens (including phenoxy) is 1. The number of hydrogen-bond donors (Lipinski definition) is 1. The molecule has 1 N–H and O–H groups in total. The Labute approximate surface area is 172 Å². The quantitative estimate of drug-likeness (QED) is 0.629. The number of carbonyl (C=O) groups is 2. The van der Waals surface area contributed by atoms with Crippen molar-refractivity contribution in [3.8, 4) is 11.5 Å². The number of thiophene rings is 1. The van der Waals surface area contributed by atoms with Crippen LogP contribution in [0, 0.1) is 6.92 Å². The summed E-state index contributed by atoms with van der Waals surface area (Å²) in [6.45, 7) is 3.29. The van der Waals surface area contributed by atoms with E-state index in [1.165, 1.54) is 18.3 Å². The molecular formula is C21H21N3O4S. The van der Waals surface area contributed by atoms with Gasteiger partial charge in [0.05, 0.1) is 5.56 Å². The largest absolute Gasteiger partial charge is 0.452 e. The predicted octanol–water partition coefficient (Wildman–Crippen LogP) is 4.30. The van der Waals surface area contributed by atoms with E-state index < -0.39 is 5.97 Å². The minimum atomic E-state index is -0.483. The van der Waals surface area contributed by atoms with Crippen LogP contribution in [0.4, 0.5) is 5.00 Å². The fourth-order valence-corrected chi connectivity index (χ4v) is 4.76. The third-order valence-electron chi connectivity index (χ3n) is 4.72. The Morgan fingerprint density at radius 2 is 2.07 bits per heavy atom. The van der Waals surface area contributed by atoms with Crippen molar-refractivity contribution in [2.75, 3.05) is 5.32 Å². The fraction of sp³-hybridized carbons (Fsp3) is 0.333. The van der Waals surface area contributed by atoms with E-state index in [4.69, 9.17) is 9.15 Å². The van der Waals surface area contributed by atoms with E-state index >= 15 is 0 Å². The van der Waals surface area contributed by atoms with Crippen LogP contribution in [0.1, 0.15) is 52.0 Å². The lowest BCUT2D eigenvalue weighted by Crippen LogP contribution is -2.13. The molecule has 4 rings (SSSR count). The molecule has 0 radical (unpaired) electrons. The van der Waals surface area contributed by atoms with Gasteiger partial charge >= 0.3 is 5.97 Å². The van der Waals surface area contributed by atoms with Gasteiger partial charge in [-0.15, -0.1) is 21.5 Å². The van der Waals surface area contributed by atoms with Gasteiger partial charge < -0.3 is 14.5 Å². The molecule has 1 aromatic carbocycles. The highest BCUT2D eigenvalue weighted by Gasteiger charge is 2.27. The zero-order valence-corrected chi connectivity index (χ0v) is 17.1. The van der Waals surface area contributed by atoms with Crippen molar-refractivity contribution in [3.63, 3.8) is 0 Å². The summed E-state index contributed by atoms with van der Waals surface area (Å²) in [5, 5.41) is 11.3. The third-order valence-corrected chi connectivity index (χ3v) is 5.93. The van der Waals surface area contributed by atoms with Crippen LogP contribution >= 0.6 is 11.3 Å². The molecule has 29 heavy (non-hydrogen) atoms. The summed E-state index contributed by atoms with van der Waals surface area (Å²) in [7, 11) is 0. The van der Waals surface area contributed by atoms with Crippen LogP contribution in [0.3, 0.4) is 0 Å². The highest BCUT2D eigenvalue weighted by molar-refractivity contribution is 7.17. The molecule has 0 atom stereocenters. The Kier molecular flexibility index (Phi) is 5.44. The van der Waals surface area contributed by atoms with Crippen LogP contribution in [-0.4, -0.2) is 22.1 Å². The number of aryl methyl sites for hydroxylation is 2. The van der Waals surface area contributed by atoms with Gasteiger partial charge in [-0.2, -0.15) is 0 Å². The van der Waals surface area contributed by atoms with E-state index in [2.05, 4.69) is 15.5 Å². The van der Waals surface area contributed by atoms with Crippen molar-refractivity contribution in [3.05, 3.63) is 51.7 Å². The predicted molar refractivity (Wildman–Crippen MR) is 109 cm³/mol. The van der Waals surface area contributed by atoms with E-state index in [9.17, 15) is 9.59 Å². The lowest BCUT2D eigenvalue weighted by Gasteiger charge is -2.12. The second kappa shape index (κ2) is 8.16. The Hall–Kier alpha value is -3.00. The van der Waals surface area contributed by atoms with Crippen LogP contribution in [0.5, 0.6) is 0 Å². The summed E-state index contributed by atoms with van der Waals surface area (Å²) in [5.74, 6) is -0.0903. The number of carbonyl (C=O) groups excluding carboxylic acids is 2. The maximum atomic E-state index is 12.8. The molecule has 3 aromatic rings. The molecule has 150 valence electrons. The number of rotatable bonds is 5. The Morgan fingerprint density at radius 1 is 1.24 bits per heavy atom. The summed E-state index contributed by atoms with van der Waals surface area (Å²) in [6.07, 6.45) is 3.84. The Bertz CT molecular complexity index is 1070. The van der Waals surface area contributed by atoms with Gasteiger partial charge in [-0.05, 0) is 50.3 Å². The van der Waals surface area contributed by atoms with E-state index in [-0.39, 0.29) is 18.4 Å². The second-order valence-corrected chi connectivity index (χ2v) is 8.15. The normalized spacial score (nSPS) is 13.0. The Balaban J connectivity index is 1.50. The number of nitrogens with zero attached hydrogens (tertiary/aromatic N) is 2. The number of esters is 1. The van der Waals surface area contributed by atoms with Crippen molar-refractivity contribution >= 4 is 28.2 Å². The summed E-state index contributed by atoms with van der Waals surface area (Å²) >= 11 is 1.46. The molecule has 1 amide bonds. The Morgan fingerprint density at radius 3 is 2.86 bits per heavy atom. The number of aromatic nitrogens is 2. The zero-order chi connectivity index (χ0) is 20.4. The van der Waals surface area contributed by atoms with Crippen molar-refractivity contribution < 1.29 is 18.7 Å². The number of nitrogens with one attached hydrogen (secondary N) is 1. The van der Waals surface area contributed by atoms with E-state index in [1.807, 2.05) is 31.2 Å². The molecule has 8 heteroatoms. The standard InChI is InChI=1S/C21H21N3O4S/c1-12-6-5-7-14(10-12)19-24-23-17(28-19)11-27-21(26)18-15-8-3-4-9-16(15)29-20(18)22-13(2)25/h5-7,10H,3-4,8-9,11H2,1-2H3,(H,22,25). The zero-order valence-electron chi connectivity index (χ0n) is 16.3. The van der Waals surface area contributed by atoms with Crippen molar-refractivity contribution in [1.29, 1.82) is 0 Å². The molecule has 0 aliphatic heterocycles. The molecule has 1 aliphatic carbocycles. The van der Waals surface area contributed by atoms with Crippen LogP contribution in [0.25, 0.3) is 11.5 Å². The minimum Gasteiger partial charge on any atom is -0.452 e. The summed E-state index contributed by atoms with van der Waals surface area (Å²) in [4.78, 5) is 25.5. The second-order valence-electron chi connectivity index (χ2n) is 7.04. The van der Waals surface area contributed by atoms with E-state index in [0.29, 0.717) is 16.5 Å². The van der Waals surface area contributed by atoms with Gasteiger partial charge in [0, 0.05) is 17.4 Å². The molecular weight excluding hydrogens is 390 g/mol. The lowest BCUT2D eigenvalue weighted by molar-refractivity contribution is -0.114. The highest BCUT2D eigenvalue weighted by Crippen LogP contribution is 2.38. The summed E-state index contributed by atoms with van der Waals surface area (Å²) in [6, 6.07) is 7.73. The average Bonchev–Trinajstić information content (AvgIpc) is 3.30. The molecule has 0 fully saturated rings. The van der Waals surface area contributed by atoms with Gasteiger partial charge in [0.2, 0.25) is 11.8 Å². The first-order chi connectivity index (χ1) is 14.0. The van der Waals surface area contributed by atoms with Gasteiger partial charge in [0.25, 0.3) is 5.89 Å². The number of anilines is 1. The van der Waals surface area contributed by atoms with Gasteiger partial charge in [0.15, 0.2) is 6.61 Å². The van der Waals surface area contributed by atoms with E-state index in [0.717, 1.165) is 47.3 Å². The molecule has 0 bridgehead atoms. The summed E-state index contributed by atoms with van der Waals surface area (Å²) < 4.78 is 11.1. The van der Waals surface area contributed by atoms with Gasteiger partial charge in [-0.25, -0.2) is 4.79 Å². The first kappa shape index (κ1) is 19.3. The van der Waals surface area contributed by atoms with Crippen LogP contribution in [-0.2, 0) is 29.0 Å². The molecule has 0 saturated heterocycles. The highest BCUT2D eigenvalue weighted by atomic mass is 32.1. The molecule has 0 spiro atoms. The first-order valence-electron chi connectivity index (χ1n) is 9.50. The van der Waals surface area contributed by atoms with Crippen LogP contribution in [0.2, 0.25) is 0 Å². The smallest absolute Gasteiger partial charge is 0.341 e. The van der Waals surface area contributed by atoms with Gasteiger partial charge in [-0.1, -0.05) is 17.7 Å². The van der Waals surface area contributed by atoms with Gasteiger partial charge in [-0.3, -0.25) is 4.79 Å². The maximum Gasteiger partial charge on any atom is 0.341 e. The lowest BCUT2D eigenvalue weighted by atomic mass is 9.95. The van der Waals surface area contributed by atoms with Crippen molar-refractivity contribution in [2.45, 2.75) is 46.1 Å². The molecule has 1 aliphatic rings. The summed E-state index contributed by atoms with van der Waals surface area (Å²) in [5.41, 5.74) is 3.34. The number of fused-ring (bicyclic) bond motifs is 1. The van der Waals surface area contributed by atoms with E-state index in [1.54, 1.807) is 0 Å². The molecule has 2 aromatic heterocycles. The van der Waals surface area contributed by atoms with Crippen LogP contribution in [0.15, 0.2) is 28.7 Å². The number of benzene rings is 1. The SMILES string of the molecule is CC(=O)Nc1sc2c(c1C(=O)OCc1nnc(-c3cccc(C)c3)o1)CCCC2. The average molecular weight is 411 g/mol. The fourth-order valence-electron chi connectivity index (χ4n) is 3.44. The minimum absolute atomic E-state index is 0.123. The number of amides is 1. The molecule has 7 nitrogen and oxygen atoms in total. The third kappa shape index (κ3) is 4.22. The monoisotopic (exact) mass is 411 g/mol. The first-order valence-corrected chi connectivity index (χ1v) is 10.3. The van der Waals surface area contributed by atoms with Crippen molar-refractivity contribution in [1.82, 2.24) is 10.2 Å². The number of hydrogen-bond acceptors (Lipinski definition) is 7. The topological polar surface area (TPSA) is 94.3 Å². The molecule has 0 unspecified atom stereocenters. The van der Waals surface area contributed by atoms with Gasteiger partial charge in [0.1, 0.15) is 5.00 Å². The molecule has 2 heterocycles.